The Hall–Kier alpha value is -1.67. The Labute approximate surface area is 151 Å². The van der Waals surface area contributed by atoms with E-state index in [-0.39, 0.29) is 6.61 Å². The van der Waals surface area contributed by atoms with Gasteiger partial charge in [0.1, 0.15) is 12.4 Å². The number of nitrogens with zero attached hydrogens (tertiary/aromatic N) is 4. The van der Waals surface area contributed by atoms with Gasteiger partial charge in [-0.3, -0.25) is 0 Å². The highest BCUT2D eigenvalue weighted by atomic mass is 16.5. The molecule has 0 aromatic carbocycles. The van der Waals surface area contributed by atoms with E-state index < -0.39 is 0 Å². The Bertz CT molecular complexity index is 497. The van der Waals surface area contributed by atoms with Crippen molar-refractivity contribution >= 4 is 5.96 Å². The van der Waals surface area contributed by atoms with Gasteiger partial charge in [0.15, 0.2) is 11.8 Å². The molecule has 1 atom stereocenters. The van der Waals surface area contributed by atoms with Gasteiger partial charge in [0.25, 0.3) is 0 Å². The minimum Gasteiger partial charge on any atom is -0.396 e. The van der Waals surface area contributed by atoms with Gasteiger partial charge in [0.05, 0.1) is 0 Å². The number of aliphatic imine (C=N–C) groups is 1. The van der Waals surface area contributed by atoms with Crippen molar-refractivity contribution in [3.8, 4) is 0 Å². The molecule has 0 spiro atoms. The normalized spacial score (nSPS) is 13.1. The summed E-state index contributed by atoms with van der Waals surface area (Å²) in [7, 11) is 3.64. The third-order valence-corrected chi connectivity index (χ3v) is 4.17. The molecule has 1 unspecified atom stereocenters. The van der Waals surface area contributed by atoms with Crippen molar-refractivity contribution in [2.45, 2.75) is 46.1 Å². The Kier molecular flexibility index (Phi) is 10.8. The van der Waals surface area contributed by atoms with Gasteiger partial charge in [-0.15, -0.1) is 10.2 Å². The summed E-state index contributed by atoms with van der Waals surface area (Å²) in [4.78, 5) is 4.63. The molecule has 1 aromatic rings. The van der Waals surface area contributed by atoms with Crippen molar-refractivity contribution in [1.29, 1.82) is 0 Å². The van der Waals surface area contributed by atoms with Crippen LogP contribution < -0.4 is 10.6 Å². The van der Waals surface area contributed by atoms with Crippen LogP contribution in [0.1, 0.15) is 44.3 Å². The van der Waals surface area contributed by atoms with Gasteiger partial charge in [0, 0.05) is 40.5 Å². The lowest BCUT2D eigenvalue weighted by Gasteiger charge is -2.18. The summed E-state index contributed by atoms with van der Waals surface area (Å²) in [6, 6.07) is 0. The first-order valence-corrected chi connectivity index (χ1v) is 9.09. The molecule has 0 amide bonds. The average molecular weight is 354 g/mol. The van der Waals surface area contributed by atoms with Crippen LogP contribution in [0.3, 0.4) is 0 Å². The van der Waals surface area contributed by atoms with E-state index in [9.17, 15) is 5.11 Å². The monoisotopic (exact) mass is 354 g/mol. The molecule has 1 rings (SSSR count). The zero-order valence-corrected chi connectivity index (χ0v) is 16.1. The number of guanidine groups is 1. The van der Waals surface area contributed by atoms with Gasteiger partial charge in [-0.25, -0.2) is 4.99 Å². The van der Waals surface area contributed by atoms with Crippen molar-refractivity contribution in [1.82, 2.24) is 25.4 Å². The van der Waals surface area contributed by atoms with E-state index in [0.717, 1.165) is 56.4 Å². The number of rotatable bonds is 12. The molecule has 3 N–H and O–H groups in total. The molecule has 0 fully saturated rings. The summed E-state index contributed by atoms with van der Waals surface area (Å²) in [5.74, 6) is 2.91. The van der Waals surface area contributed by atoms with Crippen molar-refractivity contribution < 1.29 is 9.84 Å². The van der Waals surface area contributed by atoms with E-state index in [1.165, 1.54) is 0 Å². The number of methoxy groups -OCH3 is 1. The number of aryl methyl sites for hydroxylation is 1. The predicted octanol–water partition coefficient (Wildman–Crippen LogP) is 0.994. The Morgan fingerprint density at radius 3 is 2.72 bits per heavy atom. The molecule has 0 aliphatic heterocycles. The largest absolute Gasteiger partial charge is 0.396 e. The van der Waals surface area contributed by atoms with Crippen molar-refractivity contribution in [3.63, 3.8) is 0 Å². The molecule has 0 radical (unpaired) electrons. The summed E-state index contributed by atoms with van der Waals surface area (Å²) < 4.78 is 7.03. The minimum absolute atomic E-state index is 0.221. The molecule has 144 valence electrons. The zero-order chi connectivity index (χ0) is 18.5. The van der Waals surface area contributed by atoms with E-state index in [1.807, 2.05) is 18.5 Å². The van der Waals surface area contributed by atoms with Crippen LogP contribution >= 0.6 is 0 Å². The SMILES string of the molecule is CCCC(CCO)CNC(=NCc1nnc(C)n1C)NCCCOC. The maximum Gasteiger partial charge on any atom is 0.191 e. The Balaban J connectivity index is 2.63. The number of aromatic nitrogens is 3. The number of hydrogen-bond acceptors (Lipinski definition) is 5. The van der Waals surface area contributed by atoms with Gasteiger partial charge in [0.2, 0.25) is 0 Å². The molecule has 1 aromatic heterocycles. The zero-order valence-electron chi connectivity index (χ0n) is 16.1. The van der Waals surface area contributed by atoms with Crippen LogP contribution in [0.25, 0.3) is 0 Å². The smallest absolute Gasteiger partial charge is 0.191 e. The average Bonchev–Trinajstić information content (AvgIpc) is 2.92. The topological polar surface area (TPSA) is 96.6 Å². The van der Waals surface area contributed by atoms with Crippen LogP contribution in [-0.2, 0) is 18.3 Å². The van der Waals surface area contributed by atoms with Crippen LogP contribution in [0.15, 0.2) is 4.99 Å². The van der Waals surface area contributed by atoms with Gasteiger partial charge >= 0.3 is 0 Å². The molecule has 0 saturated heterocycles. The first-order valence-electron chi connectivity index (χ1n) is 9.09. The summed E-state index contributed by atoms with van der Waals surface area (Å²) in [6.45, 7) is 7.07. The second-order valence-electron chi connectivity index (χ2n) is 6.21. The second-order valence-corrected chi connectivity index (χ2v) is 6.21. The Morgan fingerprint density at radius 1 is 1.32 bits per heavy atom. The highest BCUT2D eigenvalue weighted by Gasteiger charge is 2.09. The molecular formula is C17H34N6O2. The molecule has 0 aliphatic rings. The molecule has 1 heterocycles. The molecule has 0 saturated carbocycles. The van der Waals surface area contributed by atoms with Crippen molar-refractivity contribution in [3.05, 3.63) is 11.6 Å². The van der Waals surface area contributed by atoms with E-state index in [1.54, 1.807) is 7.11 Å². The number of aliphatic hydroxyl groups is 1. The molecule has 8 nitrogen and oxygen atoms in total. The number of nitrogens with one attached hydrogen (secondary N) is 2. The molecule has 25 heavy (non-hydrogen) atoms. The van der Waals surface area contributed by atoms with E-state index in [0.29, 0.717) is 19.1 Å². The summed E-state index contributed by atoms with van der Waals surface area (Å²) in [5.41, 5.74) is 0. The lowest BCUT2D eigenvalue weighted by molar-refractivity contribution is 0.195. The predicted molar refractivity (Wildman–Crippen MR) is 99.5 cm³/mol. The highest BCUT2D eigenvalue weighted by Crippen LogP contribution is 2.09. The lowest BCUT2D eigenvalue weighted by atomic mass is 10.0. The quantitative estimate of drug-likeness (QED) is 0.294. The molecule has 8 heteroatoms. The summed E-state index contributed by atoms with van der Waals surface area (Å²) >= 11 is 0. The third-order valence-electron chi connectivity index (χ3n) is 4.17. The lowest BCUT2D eigenvalue weighted by Crippen LogP contribution is -2.40. The second kappa shape index (κ2) is 12.7. The van der Waals surface area contributed by atoms with Crippen LogP contribution in [-0.4, -0.2) is 59.2 Å². The van der Waals surface area contributed by atoms with Crippen LogP contribution in [0.4, 0.5) is 0 Å². The fraction of sp³-hybridized carbons (Fsp3) is 0.824. The molecular weight excluding hydrogens is 320 g/mol. The van der Waals surface area contributed by atoms with E-state index >= 15 is 0 Å². The number of hydrogen-bond donors (Lipinski definition) is 3. The fourth-order valence-corrected chi connectivity index (χ4v) is 2.52. The van der Waals surface area contributed by atoms with Gasteiger partial charge < -0.3 is 25.0 Å². The minimum atomic E-state index is 0.221. The van der Waals surface area contributed by atoms with E-state index in [4.69, 9.17) is 4.74 Å². The number of aliphatic hydroxyl groups excluding tert-OH is 1. The third kappa shape index (κ3) is 8.31. The fourth-order valence-electron chi connectivity index (χ4n) is 2.52. The van der Waals surface area contributed by atoms with Crippen molar-refractivity contribution in [2.75, 3.05) is 33.4 Å². The standard InChI is InChI=1S/C17H34N6O2/c1-5-7-15(8-10-24)12-19-17(18-9-6-11-25-4)20-13-16-22-21-14(2)23(16)3/h15,24H,5-13H2,1-4H3,(H2,18,19,20). The van der Waals surface area contributed by atoms with E-state index in [2.05, 4.69) is 32.7 Å². The summed E-state index contributed by atoms with van der Waals surface area (Å²) in [6.07, 6.45) is 3.92. The van der Waals surface area contributed by atoms with Crippen LogP contribution in [0, 0.1) is 12.8 Å². The van der Waals surface area contributed by atoms with Crippen LogP contribution in [0.2, 0.25) is 0 Å². The molecule has 0 aliphatic carbocycles. The van der Waals surface area contributed by atoms with Gasteiger partial charge in [-0.1, -0.05) is 13.3 Å². The highest BCUT2D eigenvalue weighted by molar-refractivity contribution is 5.79. The first-order chi connectivity index (χ1) is 12.1. The molecule has 0 bridgehead atoms. The summed E-state index contributed by atoms with van der Waals surface area (Å²) in [5, 5.41) is 24.1. The maximum absolute atomic E-state index is 9.21. The van der Waals surface area contributed by atoms with Crippen molar-refractivity contribution in [2.24, 2.45) is 18.0 Å². The Morgan fingerprint density at radius 2 is 2.12 bits per heavy atom. The van der Waals surface area contributed by atoms with Crippen LogP contribution in [0.5, 0.6) is 0 Å². The van der Waals surface area contributed by atoms with Gasteiger partial charge in [-0.05, 0) is 32.1 Å². The maximum atomic E-state index is 9.21. The first kappa shape index (κ1) is 21.4. The number of ether oxygens (including phenoxy) is 1. The van der Waals surface area contributed by atoms with Gasteiger partial charge in [-0.2, -0.15) is 0 Å².